The molecule has 0 bridgehead atoms. The zero-order chi connectivity index (χ0) is 15.5. The summed E-state index contributed by atoms with van der Waals surface area (Å²) in [5.41, 5.74) is 5.29. The molecule has 1 heteroatoms. The van der Waals surface area contributed by atoms with Gasteiger partial charge >= 0.3 is 0 Å². The van der Waals surface area contributed by atoms with Gasteiger partial charge in [0.1, 0.15) is 0 Å². The Labute approximate surface area is 131 Å². The molecule has 1 fully saturated rings. The molecular weight excluding hydrogens is 254 g/mol. The van der Waals surface area contributed by atoms with Crippen LogP contribution in [0.25, 0.3) is 0 Å². The Morgan fingerprint density at radius 2 is 1.71 bits per heavy atom. The van der Waals surface area contributed by atoms with Crippen molar-refractivity contribution < 1.29 is 0 Å². The molecule has 2 rings (SSSR count). The Morgan fingerprint density at radius 1 is 1.10 bits per heavy atom. The summed E-state index contributed by atoms with van der Waals surface area (Å²) >= 11 is 0. The maximum atomic E-state index is 2.66. The van der Waals surface area contributed by atoms with Crippen LogP contribution < -0.4 is 0 Å². The maximum absolute atomic E-state index is 2.66. The van der Waals surface area contributed by atoms with Crippen molar-refractivity contribution >= 4 is 0 Å². The number of nitrogens with zero attached hydrogens (tertiary/aromatic N) is 1. The summed E-state index contributed by atoms with van der Waals surface area (Å²) < 4.78 is 0. The lowest BCUT2D eigenvalue weighted by molar-refractivity contribution is 0.134. The Kier molecular flexibility index (Phi) is 5.48. The van der Waals surface area contributed by atoms with Gasteiger partial charge in [-0.3, -0.25) is 0 Å². The highest BCUT2D eigenvalue weighted by Crippen LogP contribution is 2.30. The van der Waals surface area contributed by atoms with E-state index in [2.05, 4.69) is 57.7 Å². The highest BCUT2D eigenvalue weighted by molar-refractivity contribution is 5.38. The van der Waals surface area contributed by atoms with Crippen molar-refractivity contribution in [2.75, 3.05) is 19.6 Å². The average molecular weight is 287 g/mol. The molecule has 0 aromatic heterocycles. The normalized spacial score (nSPS) is 19.1. The van der Waals surface area contributed by atoms with Gasteiger partial charge in [0, 0.05) is 6.54 Å². The first-order chi connectivity index (χ1) is 9.93. The first-order valence-electron chi connectivity index (χ1n) is 8.76. The lowest BCUT2D eigenvalue weighted by Crippen LogP contribution is -2.38. The summed E-state index contributed by atoms with van der Waals surface area (Å²) in [6, 6.07) is 6.91. The summed E-state index contributed by atoms with van der Waals surface area (Å²) in [5, 5.41) is 0. The van der Waals surface area contributed by atoms with Gasteiger partial charge in [0.15, 0.2) is 0 Å². The van der Waals surface area contributed by atoms with Crippen molar-refractivity contribution in [2.24, 2.45) is 5.41 Å². The molecule has 0 unspecified atom stereocenters. The van der Waals surface area contributed by atoms with Gasteiger partial charge in [-0.15, -0.1) is 0 Å². The third-order valence-corrected chi connectivity index (χ3v) is 5.15. The fourth-order valence-corrected chi connectivity index (χ4v) is 3.59. The van der Waals surface area contributed by atoms with Crippen LogP contribution in [0.2, 0.25) is 0 Å². The standard InChI is InChI=1S/C20H33N/c1-6-17-8-7-9-18(19(17)16(2)3)10-13-21-14-11-20(4,5)12-15-21/h7-9,16H,6,10-15H2,1-5H3. The Balaban J connectivity index is 2.00. The highest BCUT2D eigenvalue weighted by atomic mass is 15.1. The summed E-state index contributed by atoms with van der Waals surface area (Å²) in [6.45, 7) is 15.5. The van der Waals surface area contributed by atoms with Crippen molar-refractivity contribution in [1.29, 1.82) is 0 Å². The molecule has 1 nitrogen and oxygen atoms in total. The maximum Gasteiger partial charge on any atom is 0.00219 e. The van der Waals surface area contributed by atoms with Crippen molar-refractivity contribution in [2.45, 2.75) is 66.2 Å². The molecule has 0 amide bonds. The van der Waals surface area contributed by atoms with Gasteiger partial charge < -0.3 is 4.90 Å². The number of hydrogen-bond acceptors (Lipinski definition) is 1. The molecular formula is C20H33N. The van der Waals surface area contributed by atoms with Crippen LogP contribution in [0.3, 0.4) is 0 Å². The summed E-state index contributed by atoms with van der Waals surface area (Å²) in [6.07, 6.45) is 5.05. The molecule has 21 heavy (non-hydrogen) atoms. The zero-order valence-corrected chi connectivity index (χ0v) is 14.7. The third-order valence-electron chi connectivity index (χ3n) is 5.15. The largest absolute Gasteiger partial charge is 0.303 e. The summed E-state index contributed by atoms with van der Waals surface area (Å²) in [4.78, 5) is 2.66. The second-order valence-electron chi connectivity index (χ2n) is 7.75. The minimum absolute atomic E-state index is 0.557. The molecule has 118 valence electrons. The Morgan fingerprint density at radius 3 is 2.29 bits per heavy atom. The summed E-state index contributed by atoms with van der Waals surface area (Å²) in [7, 11) is 0. The molecule has 0 N–H and O–H groups in total. The van der Waals surface area contributed by atoms with Crippen LogP contribution in [0.15, 0.2) is 18.2 Å². The molecule has 0 aliphatic carbocycles. The van der Waals surface area contributed by atoms with Crippen LogP contribution in [-0.2, 0) is 12.8 Å². The van der Waals surface area contributed by atoms with Crippen molar-refractivity contribution in [3.05, 3.63) is 34.9 Å². The number of benzene rings is 1. The van der Waals surface area contributed by atoms with Gasteiger partial charge in [0.2, 0.25) is 0 Å². The fraction of sp³-hybridized carbons (Fsp3) is 0.700. The molecule has 1 heterocycles. The minimum Gasteiger partial charge on any atom is -0.303 e. The topological polar surface area (TPSA) is 3.24 Å². The number of aryl methyl sites for hydroxylation is 1. The number of rotatable bonds is 5. The quantitative estimate of drug-likeness (QED) is 0.733. The Hall–Kier alpha value is -0.820. The van der Waals surface area contributed by atoms with E-state index in [0.29, 0.717) is 11.3 Å². The molecule has 0 atom stereocenters. The van der Waals surface area contributed by atoms with Gasteiger partial charge in [-0.2, -0.15) is 0 Å². The predicted octanol–water partition coefficient (Wildman–Crippen LogP) is 5.04. The van der Waals surface area contributed by atoms with E-state index in [1.54, 1.807) is 16.7 Å². The van der Waals surface area contributed by atoms with Gasteiger partial charge in [0.05, 0.1) is 0 Å². The van der Waals surface area contributed by atoms with Crippen molar-refractivity contribution in [3.8, 4) is 0 Å². The first kappa shape index (κ1) is 16.5. The second-order valence-corrected chi connectivity index (χ2v) is 7.75. The van der Waals surface area contributed by atoms with Gasteiger partial charge in [-0.05, 0) is 66.8 Å². The Bertz CT molecular complexity index is 449. The van der Waals surface area contributed by atoms with Crippen LogP contribution in [0.1, 0.15) is 70.1 Å². The lowest BCUT2D eigenvalue weighted by atomic mass is 9.82. The molecule has 0 radical (unpaired) electrons. The monoisotopic (exact) mass is 287 g/mol. The van der Waals surface area contributed by atoms with Gasteiger partial charge in [-0.25, -0.2) is 0 Å². The van der Waals surface area contributed by atoms with E-state index >= 15 is 0 Å². The number of likely N-dealkylation sites (tertiary alicyclic amines) is 1. The fourth-order valence-electron chi connectivity index (χ4n) is 3.59. The van der Waals surface area contributed by atoms with E-state index in [1.165, 1.54) is 38.9 Å². The molecule has 0 saturated carbocycles. The molecule has 1 aliphatic heterocycles. The smallest absolute Gasteiger partial charge is 0.00219 e. The van der Waals surface area contributed by atoms with Gasteiger partial charge in [-0.1, -0.05) is 52.8 Å². The molecule has 1 aliphatic rings. The lowest BCUT2D eigenvalue weighted by Gasteiger charge is -2.37. The molecule has 0 spiro atoms. The van der Waals surface area contributed by atoms with E-state index in [-0.39, 0.29) is 0 Å². The average Bonchev–Trinajstić information content (AvgIpc) is 2.45. The van der Waals surface area contributed by atoms with E-state index in [4.69, 9.17) is 0 Å². The van der Waals surface area contributed by atoms with Crippen LogP contribution >= 0.6 is 0 Å². The van der Waals surface area contributed by atoms with Crippen molar-refractivity contribution in [1.82, 2.24) is 4.90 Å². The minimum atomic E-state index is 0.557. The van der Waals surface area contributed by atoms with Crippen LogP contribution in [0.5, 0.6) is 0 Å². The third kappa shape index (κ3) is 4.32. The summed E-state index contributed by atoms with van der Waals surface area (Å²) in [5.74, 6) is 0.636. The van der Waals surface area contributed by atoms with Crippen LogP contribution in [0.4, 0.5) is 0 Å². The van der Waals surface area contributed by atoms with E-state index < -0.39 is 0 Å². The van der Waals surface area contributed by atoms with E-state index in [0.717, 1.165) is 6.42 Å². The zero-order valence-electron chi connectivity index (χ0n) is 14.7. The number of piperidine rings is 1. The predicted molar refractivity (Wildman–Crippen MR) is 93.1 cm³/mol. The number of hydrogen-bond donors (Lipinski definition) is 0. The van der Waals surface area contributed by atoms with Gasteiger partial charge in [0.25, 0.3) is 0 Å². The molecule has 1 aromatic rings. The SMILES string of the molecule is CCc1cccc(CCN2CCC(C)(C)CC2)c1C(C)C. The second kappa shape index (κ2) is 6.96. The van der Waals surface area contributed by atoms with Crippen LogP contribution in [0, 0.1) is 5.41 Å². The molecule has 1 aromatic carbocycles. The van der Waals surface area contributed by atoms with Crippen LogP contribution in [-0.4, -0.2) is 24.5 Å². The van der Waals surface area contributed by atoms with E-state index in [1.807, 2.05) is 0 Å². The highest BCUT2D eigenvalue weighted by Gasteiger charge is 2.25. The molecule has 1 saturated heterocycles. The first-order valence-corrected chi connectivity index (χ1v) is 8.76. The van der Waals surface area contributed by atoms with Crippen molar-refractivity contribution in [3.63, 3.8) is 0 Å². The van der Waals surface area contributed by atoms with E-state index in [9.17, 15) is 0 Å².